The summed E-state index contributed by atoms with van der Waals surface area (Å²) in [5.74, 6) is 0.623. The number of nitrogens with one attached hydrogen (secondary N) is 1. The van der Waals surface area contributed by atoms with Gasteiger partial charge in [-0.15, -0.1) is 23.2 Å². The molecule has 1 aromatic carbocycles. The Hall–Kier alpha value is -0.970. The molecule has 1 aromatic rings. The Kier molecular flexibility index (Phi) is 5.25. The van der Waals surface area contributed by atoms with Gasteiger partial charge in [-0.3, -0.25) is 4.79 Å². The van der Waals surface area contributed by atoms with E-state index >= 15 is 0 Å². The third-order valence-electron chi connectivity index (χ3n) is 3.62. The number of benzene rings is 1. The Bertz CT molecular complexity index is 529. The lowest BCUT2D eigenvalue weighted by Gasteiger charge is -2.25. The zero-order valence-electron chi connectivity index (χ0n) is 13.0. The maximum Gasteiger partial charge on any atom is 0.263 e. The Morgan fingerprint density at radius 1 is 1.36 bits per heavy atom. The van der Waals surface area contributed by atoms with E-state index in [-0.39, 0.29) is 11.8 Å². The minimum Gasteiger partial charge on any atom is -0.478 e. The summed E-state index contributed by atoms with van der Waals surface area (Å²) < 4.78 is 10.1. The van der Waals surface area contributed by atoms with Crippen LogP contribution in [0.2, 0.25) is 0 Å². The second kappa shape index (κ2) is 6.65. The topological polar surface area (TPSA) is 47.6 Å². The molecule has 0 bridgehead atoms. The van der Waals surface area contributed by atoms with Crippen LogP contribution < -0.4 is 10.1 Å². The molecular formula is C16H21Cl2NO3. The fraction of sp³-hybridized carbons (Fsp3) is 0.562. The maximum absolute atomic E-state index is 12.1. The van der Waals surface area contributed by atoms with E-state index in [1.165, 1.54) is 0 Å². The number of methoxy groups -OCH3 is 1. The lowest BCUT2D eigenvalue weighted by atomic mass is 10.1. The lowest BCUT2D eigenvalue weighted by Crippen LogP contribution is -2.47. The molecule has 0 saturated heterocycles. The van der Waals surface area contributed by atoms with Crippen molar-refractivity contribution >= 4 is 29.1 Å². The lowest BCUT2D eigenvalue weighted by molar-refractivity contribution is -0.134. The summed E-state index contributed by atoms with van der Waals surface area (Å²) in [6, 6.07) is 7.54. The standard InChI is InChI=1S/C16H21Cl2NO3/c1-15(2,14(20)19-8-9-21-3)22-12-6-4-11(5-7-12)13-10-16(13,17)18/h4-7,13H,8-10H2,1-3H3,(H,19,20). The number of hydrogen-bond acceptors (Lipinski definition) is 3. The van der Waals surface area contributed by atoms with Gasteiger partial charge in [0.25, 0.3) is 5.91 Å². The molecule has 1 saturated carbocycles. The highest BCUT2D eigenvalue weighted by atomic mass is 35.5. The van der Waals surface area contributed by atoms with E-state index in [1.54, 1.807) is 21.0 Å². The van der Waals surface area contributed by atoms with Gasteiger partial charge in [0.1, 0.15) is 10.1 Å². The zero-order chi connectivity index (χ0) is 16.4. The molecule has 0 aromatic heterocycles. The second-order valence-electron chi connectivity index (χ2n) is 5.95. The molecule has 22 heavy (non-hydrogen) atoms. The number of ether oxygens (including phenoxy) is 2. The number of halogens is 2. The van der Waals surface area contributed by atoms with Crippen molar-refractivity contribution in [1.29, 1.82) is 0 Å². The molecule has 0 spiro atoms. The Morgan fingerprint density at radius 2 is 1.95 bits per heavy atom. The number of carbonyl (C=O) groups excluding carboxylic acids is 1. The molecule has 2 rings (SSSR count). The van der Waals surface area contributed by atoms with Gasteiger partial charge >= 0.3 is 0 Å². The van der Waals surface area contributed by atoms with Crippen LogP contribution in [0.3, 0.4) is 0 Å². The number of rotatable bonds is 7. The zero-order valence-corrected chi connectivity index (χ0v) is 14.5. The highest BCUT2D eigenvalue weighted by Gasteiger charge is 2.52. The molecule has 1 amide bonds. The SMILES string of the molecule is COCCNC(=O)C(C)(C)Oc1ccc(C2CC2(Cl)Cl)cc1. The monoisotopic (exact) mass is 345 g/mol. The van der Waals surface area contributed by atoms with E-state index < -0.39 is 9.93 Å². The first-order valence-electron chi connectivity index (χ1n) is 7.20. The molecule has 4 nitrogen and oxygen atoms in total. The predicted molar refractivity (Wildman–Crippen MR) is 87.8 cm³/mol. The number of alkyl halides is 2. The summed E-state index contributed by atoms with van der Waals surface area (Å²) in [5.41, 5.74) is 0.122. The quantitative estimate of drug-likeness (QED) is 0.609. The number of hydrogen-bond donors (Lipinski definition) is 1. The summed E-state index contributed by atoms with van der Waals surface area (Å²) in [4.78, 5) is 12.1. The van der Waals surface area contributed by atoms with E-state index in [4.69, 9.17) is 32.7 Å². The first-order chi connectivity index (χ1) is 10.3. The molecule has 0 radical (unpaired) electrons. The van der Waals surface area contributed by atoms with Crippen LogP contribution in [0.15, 0.2) is 24.3 Å². The summed E-state index contributed by atoms with van der Waals surface area (Å²) in [6.07, 6.45) is 0.768. The fourth-order valence-corrected chi connectivity index (χ4v) is 2.72. The van der Waals surface area contributed by atoms with Crippen LogP contribution in [0.1, 0.15) is 31.7 Å². The van der Waals surface area contributed by atoms with Gasteiger partial charge in [-0.25, -0.2) is 0 Å². The average molecular weight is 346 g/mol. The minimum atomic E-state index is -0.961. The van der Waals surface area contributed by atoms with Gasteiger partial charge in [0.05, 0.1) is 6.61 Å². The molecule has 1 unspecified atom stereocenters. The smallest absolute Gasteiger partial charge is 0.263 e. The minimum absolute atomic E-state index is 0.176. The van der Waals surface area contributed by atoms with E-state index in [1.807, 2.05) is 24.3 Å². The highest BCUT2D eigenvalue weighted by molar-refractivity contribution is 6.51. The van der Waals surface area contributed by atoms with Crippen molar-refractivity contribution in [1.82, 2.24) is 5.32 Å². The van der Waals surface area contributed by atoms with Crippen LogP contribution in [-0.2, 0) is 9.53 Å². The van der Waals surface area contributed by atoms with Crippen LogP contribution in [0.5, 0.6) is 5.75 Å². The van der Waals surface area contributed by atoms with Crippen molar-refractivity contribution in [3.63, 3.8) is 0 Å². The third kappa shape index (κ3) is 4.28. The van der Waals surface area contributed by atoms with Crippen molar-refractivity contribution in [3.8, 4) is 5.75 Å². The first-order valence-corrected chi connectivity index (χ1v) is 7.96. The van der Waals surface area contributed by atoms with Gasteiger partial charge in [0.2, 0.25) is 0 Å². The van der Waals surface area contributed by atoms with E-state index in [2.05, 4.69) is 5.32 Å². The van der Waals surface area contributed by atoms with Gasteiger partial charge in [-0.2, -0.15) is 0 Å². The molecule has 1 fully saturated rings. The van der Waals surface area contributed by atoms with E-state index in [9.17, 15) is 4.79 Å². The van der Waals surface area contributed by atoms with Gasteiger partial charge in [0.15, 0.2) is 5.60 Å². The summed E-state index contributed by atoms with van der Waals surface area (Å²) in [5, 5.41) is 2.77. The van der Waals surface area contributed by atoms with Crippen LogP contribution in [-0.4, -0.2) is 36.1 Å². The van der Waals surface area contributed by atoms with Crippen molar-refractivity contribution in [3.05, 3.63) is 29.8 Å². The Labute approximate surface area is 141 Å². The first kappa shape index (κ1) is 17.4. The van der Waals surface area contributed by atoms with Crippen LogP contribution in [0.4, 0.5) is 0 Å². The predicted octanol–water partition coefficient (Wildman–Crippen LogP) is 3.27. The fourth-order valence-electron chi connectivity index (χ4n) is 2.16. The normalized spacial score (nSPS) is 19.6. The van der Waals surface area contributed by atoms with Crippen molar-refractivity contribution in [2.45, 2.75) is 36.1 Å². The van der Waals surface area contributed by atoms with Gasteiger partial charge in [-0.1, -0.05) is 12.1 Å². The number of amides is 1. The average Bonchev–Trinajstić information content (AvgIpc) is 3.08. The number of carbonyl (C=O) groups is 1. The van der Waals surface area contributed by atoms with Crippen molar-refractivity contribution < 1.29 is 14.3 Å². The van der Waals surface area contributed by atoms with Gasteiger partial charge in [0, 0.05) is 19.6 Å². The van der Waals surface area contributed by atoms with Crippen LogP contribution in [0.25, 0.3) is 0 Å². The molecule has 122 valence electrons. The van der Waals surface area contributed by atoms with Gasteiger partial charge in [-0.05, 0) is 38.0 Å². The molecule has 1 aliphatic carbocycles. The Balaban J connectivity index is 1.93. The molecule has 1 atom stereocenters. The van der Waals surface area contributed by atoms with Crippen LogP contribution >= 0.6 is 23.2 Å². The second-order valence-corrected chi connectivity index (χ2v) is 7.49. The van der Waals surface area contributed by atoms with Crippen LogP contribution in [0, 0.1) is 0 Å². The van der Waals surface area contributed by atoms with Gasteiger partial charge < -0.3 is 14.8 Å². The largest absolute Gasteiger partial charge is 0.478 e. The molecule has 0 heterocycles. The molecule has 6 heteroatoms. The van der Waals surface area contributed by atoms with E-state index in [0.29, 0.717) is 18.9 Å². The Morgan fingerprint density at radius 3 is 2.45 bits per heavy atom. The third-order valence-corrected chi connectivity index (χ3v) is 4.46. The van der Waals surface area contributed by atoms with E-state index in [0.717, 1.165) is 12.0 Å². The maximum atomic E-state index is 12.1. The van der Waals surface area contributed by atoms with Crippen molar-refractivity contribution in [2.24, 2.45) is 0 Å². The van der Waals surface area contributed by atoms with Crippen molar-refractivity contribution in [2.75, 3.05) is 20.3 Å². The summed E-state index contributed by atoms with van der Waals surface area (Å²) in [6.45, 7) is 4.38. The summed E-state index contributed by atoms with van der Waals surface area (Å²) >= 11 is 12.1. The molecule has 1 aliphatic rings. The summed E-state index contributed by atoms with van der Waals surface area (Å²) in [7, 11) is 1.59. The highest BCUT2D eigenvalue weighted by Crippen LogP contribution is 2.59. The molecule has 1 N–H and O–H groups in total. The molecule has 0 aliphatic heterocycles. The molecular weight excluding hydrogens is 325 g/mol.